The largest absolute Gasteiger partial charge is 0.493 e. The normalized spacial score (nSPS) is 24.5. The summed E-state index contributed by atoms with van der Waals surface area (Å²) in [5.41, 5.74) is 2.55. The molecule has 0 aliphatic carbocycles. The van der Waals surface area contributed by atoms with Crippen molar-refractivity contribution < 1.29 is 4.74 Å². The van der Waals surface area contributed by atoms with Crippen LogP contribution in [0.3, 0.4) is 0 Å². The predicted octanol–water partition coefficient (Wildman–Crippen LogP) is 2.67. The molecule has 2 atom stereocenters. The van der Waals surface area contributed by atoms with Crippen LogP contribution >= 0.6 is 0 Å². The number of fused-ring (bicyclic) bond motifs is 1. The highest BCUT2D eigenvalue weighted by Crippen LogP contribution is 2.37. The quantitative estimate of drug-likeness (QED) is 0.801. The van der Waals surface area contributed by atoms with Gasteiger partial charge in [-0.05, 0) is 19.0 Å². The number of benzene rings is 1. The molecule has 15 heavy (non-hydrogen) atoms. The zero-order valence-electron chi connectivity index (χ0n) is 9.71. The van der Waals surface area contributed by atoms with Crippen molar-refractivity contribution in [1.82, 2.24) is 5.32 Å². The molecule has 2 nitrogen and oxygen atoms in total. The molecule has 82 valence electrons. The summed E-state index contributed by atoms with van der Waals surface area (Å²) in [6.07, 6.45) is 0. The number of nitrogens with one attached hydrogen (secondary N) is 1. The Kier molecular flexibility index (Phi) is 2.96. The van der Waals surface area contributed by atoms with E-state index in [1.54, 1.807) is 0 Å². The zero-order chi connectivity index (χ0) is 10.8. The van der Waals surface area contributed by atoms with Crippen LogP contribution < -0.4 is 10.1 Å². The van der Waals surface area contributed by atoms with Crippen LogP contribution in [0.15, 0.2) is 18.2 Å². The van der Waals surface area contributed by atoms with Crippen molar-refractivity contribution >= 4 is 0 Å². The van der Waals surface area contributed by atoms with Crippen molar-refractivity contribution in [2.75, 3.05) is 13.2 Å². The maximum atomic E-state index is 5.80. The Morgan fingerprint density at radius 1 is 1.47 bits per heavy atom. The molecule has 2 rings (SSSR count). The third kappa shape index (κ3) is 1.86. The van der Waals surface area contributed by atoms with E-state index >= 15 is 0 Å². The van der Waals surface area contributed by atoms with Crippen LogP contribution in [0, 0.1) is 12.8 Å². The number of hydrogen-bond donors (Lipinski definition) is 1. The molecule has 0 amide bonds. The van der Waals surface area contributed by atoms with Gasteiger partial charge in [0.15, 0.2) is 0 Å². The minimum atomic E-state index is 0.443. The number of aryl methyl sites for hydroxylation is 1. The SMILES string of the molecule is CCNC1c2cccc(C)c2OCC1C. The molecule has 1 aromatic rings. The lowest BCUT2D eigenvalue weighted by Crippen LogP contribution is -2.34. The van der Waals surface area contributed by atoms with Gasteiger partial charge in [0.25, 0.3) is 0 Å². The van der Waals surface area contributed by atoms with Crippen LogP contribution in [0.2, 0.25) is 0 Å². The van der Waals surface area contributed by atoms with E-state index in [9.17, 15) is 0 Å². The fourth-order valence-electron chi connectivity index (χ4n) is 2.27. The van der Waals surface area contributed by atoms with E-state index < -0.39 is 0 Å². The van der Waals surface area contributed by atoms with Gasteiger partial charge >= 0.3 is 0 Å². The van der Waals surface area contributed by atoms with Gasteiger partial charge in [0, 0.05) is 17.5 Å². The third-order valence-corrected chi connectivity index (χ3v) is 3.06. The van der Waals surface area contributed by atoms with Crippen LogP contribution in [0.25, 0.3) is 0 Å². The second-order valence-electron chi connectivity index (χ2n) is 4.32. The highest BCUT2D eigenvalue weighted by Gasteiger charge is 2.27. The van der Waals surface area contributed by atoms with E-state index in [1.165, 1.54) is 11.1 Å². The summed E-state index contributed by atoms with van der Waals surface area (Å²) in [6.45, 7) is 8.31. The monoisotopic (exact) mass is 205 g/mol. The second kappa shape index (κ2) is 4.23. The Hall–Kier alpha value is -1.02. The molecule has 2 heteroatoms. The lowest BCUT2D eigenvalue weighted by molar-refractivity contribution is 0.188. The van der Waals surface area contributed by atoms with Gasteiger partial charge in [-0.15, -0.1) is 0 Å². The fraction of sp³-hybridized carbons (Fsp3) is 0.538. The lowest BCUT2D eigenvalue weighted by Gasteiger charge is -2.32. The Morgan fingerprint density at radius 3 is 3.00 bits per heavy atom. The number of rotatable bonds is 2. The average molecular weight is 205 g/mol. The second-order valence-corrected chi connectivity index (χ2v) is 4.32. The summed E-state index contributed by atoms with van der Waals surface area (Å²) in [5.74, 6) is 1.63. The van der Waals surface area contributed by atoms with Gasteiger partial charge in [-0.2, -0.15) is 0 Å². The van der Waals surface area contributed by atoms with E-state index in [4.69, 9.17) is 4.74 Å². The molecular formula is C13H19NO. The molecular weight excluding hydrogens is 186 g/mol. The van der Waals surface area contributed by atoms with Gasteiger partial charge in [0.05, 0.1) is 6.61 Å². The molecule has 1 aromatic carbocycles. The molecule has 2 unspecified atom stereocenters. The van der Waals surface area contributed by atoms with Crippen molar-refractivity contribution in [1.29, 1.82) is 0 Å². The summed E-state index contributed by atoms with van der Waals surface area (Å²) < 4.78 is 5.80. The van der Waals surface area contributed by atoms with Gasteiger partial charge in [-0.25, -0.2) is 0 Å². The van der Waals surface area contributed by atoms with Crippen LogP contribution in [0.5, 0.6) is 5.75 Å². The predicted molar refractivity (Wildman–Crippen MR) is 62.3 cm³/mol. The fourth-order valence-corrected chi connectivity index (χ4v) is 2.27. The van der Waals surface area contributed by atoms with Gasteiger partial charge in [0.2, 0.25) is 0 Å². The molecule has 0 aromatic heterocycles. The molecule has 0 radical (unpaired) electrons. The average Bonchev–Trinajstić information content (AvgIpc) is 2.23. The van der Waals surface area contributed by atoms with Crippen LogP contribution in [0.1, 0.15) is 31.0 Å². The number of hydrogen-bond acceptors (Lipinski definition) is 2. The summed E-state index contributed by atoms with van der Waals surface area (Å²) in [6, 6.07) is 6.84. The molecule has 0 spiro atoms. The molecule has 0 bridgehead atoms. The summed E-state index contributed by atoms with van der Waals surface area (Å²) in [4.78, 5) is 0. The first-order valence-electron chi connectivity index (χ1n) is 5.69. The summed E-state index contributed by atoms with van der Waals surface area (Å²) in [5, 5.41) is 3.54. The zero-order valence-corrected chi connectivity index (χ0v) is 9.71. The van der Waals surface area contributed by atoms with Crippen LogP contribution in [-0.4, -0.2) is 13.2 Å². The molecule has 1 aliphatic heterocycles. The molecule has 0 saturated heterocycles. The van der Waals surface area contributed by atoms with Gasteiger partial charge < -0.3 is 10.1 Å². The van der Waals surface area contributed by atoms with Gasteiger partial charge in [-0.3, -0.25) is 0 Å². The molecule has 1 aliphatic rings. The lowest BCUT2D eigenvalue weighted by atomic mass is 9.90. The van der Waals surface area contributed by atoms with E-state index in [-0.39, 0.29) is 0 Å². The molecule has 1 N–H and O–H groups in total. The van der Waals surface area contributed by atoms with Crippen LogP contribution in [0.4, 0.5) is 0 Å². The van der Waals surface area contributed by atoms with E-state index in [0.29, 0.717) is 12.0 Å². The van der Waals surface area contributed by atoms with E-state index in [1.807, 2.05) is 0 Å². The number of para-hydroxylation sites is 1. The molecule has 1 heterocycles. The first-order valence-corrected chi connectivity index (χ1v) is 5.69. The first-order chi connectivity index (χ1) is 7.24. The third-order valence-electron chi connectivity index (χ3n) is 3.06. The Labute approximate surface area is 91.6 Å². The standard InChI is InChI=1S/C13H19NO/c1-4-14-12-10(3)8-15-13-9(2)6-5-7-11(12)13/h5-7,10,12,14H,4,8H2,1-3H3. The Morgan fingerprint density at radius 2 is 2.27 bits per heavy atom. The first kappa shape index (κ1) is 10.5. The van der Waals surface area contributed by atoms with Gasteiger partial charge in [-0.1, -0.05) is 32.0 Å². The number of ether oxygens (including phenoxy) is 1. The van der Waals surface area contributed by atoms with Gasteiger partial charge in [0.1, 0.15) is 5.75 Å². The minimum absolute atomic E-state index is 0.443. The summed E-state index contributed by atoms with van der Waals surface area (Å²) in [7, 11) is 0. The van der Waals surface area contributed by atoms with E-state index in [0.717, 1.165) is 18.9 Å². The Bertz CT molecular complexity index is 348. The maximum absolute atomic E-state index is 5.80. The topological polar surface area (TPSA) is 21.3 Å². The minimum Gasteiger partial charge on any atom is -0.493 e. The smallest absolute Gasteiger partial charge is 0.126 e. The molecule has 0 fully saturated rings. The van der Waals surface area contributed by atoms with Crippen molar-refractivity contribution in [2.45, 2.75) is 26.8 Å². The maximum Gasteiger partial charge on any atom is 0.126 e. The van der Waals surface area contributed by atoms with Crippen LogP contribution in [-0.2, 0) is 0 Å². The highest BCUT2D eigenvalue weighted by atomic mass is 16.5. The molecule has 0 saturated carbocycles. The highest BCUT2D eigenvalue weighted by molar-refractivity contribution is 5.44. The van der Waals surface area contributed by atoms with E-state index in [2.05, 4.69) is 44.3 Å². The van der Waals surface area contributed by atoms with Crippen molar-refractivity contribution in [3.05, 3.63) is 29.3 Å². The summed E-state index contributed by atoms with van der Waals surface area (Å²) >= 11 is 0. The van der Waals surface area contributed by atoms with Crippen molar-refractivity contribution in [2.24, 2.45) is 5.92 Å². The van der Waals surface area contributed by atoms with Crippen molar-refractivity contribution in [3.63, 3.8) is 0 Å². The Balaban J connectivity index is 2.39. The van der Waals surface area contributed by atoms with Crippen molar-refractivity contribution in [3.8, 4) is 5.75 Å².